The van der Waals surface area contributed by atoms with E-state index in [1.807, 2.05) is 6.92 Å². The van der Waals surface area contributed by atoms with Crippen molar-refractivity contribution in [3.63, 3.8) is 0 Å². The molecule has 1 N–H and O–H groups in total. The van der Waals surface area contributed by atoms with E-state index in [0.717, 1.165) is 0 Å². The standard InChI is InChI=1S/C12H17FN4O/c1-3-9-11(13)12(15-7-14-9)16-8-4-5-10(18)17(2)6-8/h7-8H,3-6H2,1-2H3,(H,14,15,16). The Labute approximate surface area is 105 Å². The van der Waals surface area contributed by atoms with Gasteiger partial charge >= 0.3 is 0 Å². The Kier molecular flexibility index (Phi) is 3.74. The van der Waals surface area contributed by atoms with Crippen LogP contribution in [0.15, 0.2) is 6.33 Å². The molecule has 98 valence electrons. The number of anilines is 1. The number of nitrogens with one attached hydrogen (secondary N) is 1. The zero-order valence-electron chi connectivity index (χ0n) is 10.6. The summed E-state index contributed by atoms with van der Waals surface area (Å²) in [5.41, 5.74) is 0.410. The molecule has 2 rings (SSSR count). The molecule has 0 radical (unpaired) electrons. The van der Waals surface area contributed by atoms with Gasteiger partial charge in [-0.15, -0.1) is 0 Å². The fraction of sp³-hybridized carbons (Fsp3) is 0.583. The molecule has 1 aliphatic rings. The van der Waals surface area contributed by atoms with E-state index >= 15 is 0 Å². The van der Waals surface area contributed by atoms with Crippen LogP contribution in [0.1, 0.15) is 25.5 Å². The Hall–Kier alpha value is -1.72. The van der Waals surface area contributed by atoms with Crippen molar-refractivity contribution < 1.29 is 9.18 Å². The molecule has 2 heterocycles. The van der Waals surface area contributed by atoms with Crippen LogP contribution in [-0.4, -0.2) is 40.4 Å². The summed E-state index contributed by atoms with van der Waals surface area (Å²) in [5, 5.41) is 3.05. The van der Waals surface area contributed by atoms with Crippen LogP contribution in [0, 0.1) is 5.82 Å². The molecule has 6 heteroatoms. The summed E-state index contributed by atoms with van der Waals surface area (Å²) >= 11 is 0. The Balaban J connectivity index is 2.08. The topological polar surface area (TPSA) is 58.1 Å². The summed E-state index contributed by atoms with van der Waals surface area (Å²) in [6, 6.07) is 0.0433. The lowest BCUT2D eigenvalue weighted by molar-refractivity contribution is -0.132. The maximum atomic E-state index is 13.9. The van der Waals surface area contributed by atoms with Crippen LogP contribution in [0.25, 0.3) is 0 Å². The number of aromatic nitrogens is 2. The first-order valence-electron chi connectivity index (χ1n) is 6.11. The summed E-state index contributed by atoms with van der Waals surface area (Å²) in [7, 11) is 1.75. The van der Waals surface area contributed by atoms with Gasteiger partial charge in [0.05, 0.1) is 5.69 Å². The zero-order chi connectivity index (χ0) is 13.1. The van der Waals surface area contributed by atoms with Gasteiger partial charge in [-0.2, -0.15) is 0 Å². The van der Waals surface area contributed by atoms with Gasteiger partial charge in [0.2, 0.25) is 5.91 Å². The number of nitrogens with zero attached hydrogens (tertiary/aromatic N) is 3. The predicted molar refractivity (Wildman–Crippen MR) is 65.6 cm³/mol. The molecule has 1 atom stereocenters. The SMILES string of the molecule is CCc1ncnc(NC2CCC(=O)N(C)C2)c1F. The van der Waals surface area contributed by atoms with Gasteiger partial charge in [-0.3, -0.25) is 4.79 Å². The summed E-state index contributed by atoms with van der Waals surface area (Å²) in [6.45, 7) is 2.42. The molecule has 1 amide bonds. The molecule has 1 aromatic rings. The number of halogens is 1. The van der Waals surface area contributed by atoms with Crippen molar-refractivity contribution in [2.75, 3.05) is 18.9 Å². The Morgan fingerprint density at radius 1 is 1.56 bits per heavy atom. The van der Waals surface area contributed by atoms with Crippen LogP contribution < -0.4 is 5.32 Å². The molecule has 0 saturated carbocycles. The lowest BCUT2D eigenvalue weighted by Gasteiger charge is -2.30. The van der Waals surface area contributed by atoms with Gasteiger partial charge in [0.1, 0.15) is 6.33 Å². The molecule has 1 fully saturated rings. The number of hydrogen-bond donors (Lipinski definition) is 1. The van der Waals surface area contributed by atoms with Crippen LogP contribution in [0.4, 0.5) is 10.2 Å². The molecule has 1 saturated heterocycles. The van der Waals surface area contributed by atoms with Crippen LogP contribution in [0.2, 0.25) is 0 Å². The fourth-order valence-electron chi connectivity index (χ4n) is 2.08. The van der Waals surface area contributed by atoms with Crippen molar-refractivity contribution in [2.24, 2.45) is 0 Å². The molecular formula is C12H17FN4O. The zero-order valence-corrected chi connectivity index (χ0v) is 10.6. The number of aryl methyl sites for hydroxylation is 1. The highest BCUT2D eigenvalue weighted by Crippen LogP contribution is 2.18. The highest BCUT2D eigenvalue weighted by Gasteiger charge is 2.24. The number of likely N-dealkylation sites (tertiary alicyclic amines) is 1. The van der Waals surface area contributed by atoms with Crippen molar-refractivity contribution in [1.29, 1.82) is 0 Å². The highest BCUT2D eigenvalue weighted by atomic mass is 19.1. The van der Waals surface area contributed by atoms with Crippen LogP contribution >= 0.6 is 0 Å². The Bertz CT molecular complexity index is 452. The molecule has 18 heavy (non-hydrogen) atoms. The second-order valence-corrected chi connectivity index (χ2v) is 4.49. The van der Waals surface area contributed by atoms with E-state index in [1.54, 1.807) is 11.9 Å². The molecule has 0 bridgehead atoms. The van der Waals surface area contributed by atoms with Crippen LogP contribution in [0.5, 0.6) is 0 Å². The largest absolute Gasteiger partial charge is 0.363 e. The van der Waals surface area contributed by atoms with Crippen LogP contribution in [0.3, 0.4) is 0 Å². The molecule has 1 unspecified atom stereocenters. The average molecular weight is 252 g/mol. The van der Waals surface area contributed by atoms with Gasteiger partial charge < -0.3 is 10.2 Å². The van der Waals surface area contributed by atoms with E-state index in [0.29, 0.717) is 31.5 Å². The third-order valence-electron chi connectivity index (χ3n) is 3.16. The molecule has 0 aromatic carbocycles. The third kappa shape index (κ3) is 2.57. The summed E-state index contributed by atoms with van der Waals surface area (Å²) in [4.78, 5) is 20.8. The van der Waals surface area contributed by atoms with E-state index in [1.165, 1.54) is 6.33 Å². The minimum Gasteiger partial charge on any atom is -0.363 e. The average Bonchev–Trinajstić information content (AvgIpc) is 2.36. The van der Waals surface area contributed by atoms with Gasteiger partial charge in [0.25, 0.3) is 0 Å². The van der Waals surface area contributed by atoms with Crippen molar-refractivity contribution >= 4 is 11.7 Å². The monoisotopic (exact) mass is 252 g/mol. The van der Waals surface area contributed by atoms with Crippen molar-refractivity contribution in [2.45, 2.75) is 32.2 Å². The fourth-order valence-corrected chi connectivity index (χ4v) is 2.08. The number of likely N-dealkylation sites (N-methyl/N-ethyl adjacent to an activating group) is 1. The van der Waals surface area contributed by atoms with Crippen molar-refractivity contribution in [1.82, 2.24) is 14.9 Å². The van der Waals surface area contributed by atoms with E-state index in [9.17, 15) is 9.18 Å². The lowest BCUT2D eigenvalue weighted by Crippen LogP contribution is -2.43. The van der Waals surface area contributed by atoms with Gasteiger partial charge in [-0.25, -0.2) is 14.4 Å². The minimum atomic E-state index is -0.389. The highest BCUT2D eigenvalue weighted by molar-refractivity contribution is 5.77. The summed E-state index contributed by atoms with van der Waals surface area (Å²) < 4.78 is 13.9. The van der Waals surface area contributed by atoms with E-state index in [2.05, 4.69) is 15.3 Å². The van der Waals surface area contributed by atoms with Crippen molar-refractivity contribution in [3.8, 4) is 0 Å². The number of carbonyl (C=O) groups excluding carboxylic acids is 1. The van der Waals surface area contributed by atoms with Crippen molar-refractivity contribution in [3.05, 3.63) is 17.8 Å². The first kappa shape index (κ1) is 12.7. The number of hydrogen-bond acceptors (Lipinski definition) is 4. The molecule has 5 nitrogen and oxygen atoms in total. The smallest absolute Gasteiger partial charge is 0.222 e. The van der Waals surface area contributed by atoms with Crippen LogP contribution in [-0.2, 0) is 11.2 Å². The van der Waals surface area contributed by atoms with E-state index < -0.39 is 0 Å². The number of amides is 1. The van der Waals surface area contributed by atoms with Gasteiger partial charge in [0.15, 0.2) is 11.6 Å². The quantitative estimate of drug-likeness (QED) is 0.878. The molecule has 0 aliphatic carbocycles. The first-order valence-corrected chi connectivity index (χ1v) is 6.11. The normalized spacial score (nSPS) is 20.1. The van der Waals surface area contributed by atoms with Gasteiger partial charge in [0, 0.05) is 26.1 Å². The van der Waals surface area contributed by atoms with Gasteiger partial charge in [-0.1, -0.05) is 6.92 Å². The number of piperidine rings is 1. The third-order valence-corrected chi connectivity index (χ3v) is 3.16. The maximum Gasteiger partial charge on any atom is 0.222 e. The predicted octanol–water partition coefficient (Wildman–Crippen LogP) is 1.21. The Morgan fingerprint density at radius 3 is 3.00 bits per heavy atom. The number of carbonyl (C=O) groups is 1. The second-order valence-electron chi connectivity index (χ2n) is 4.49. The summed E-state index contributed by atoms with van der Waals surface area (Å²) in [6.07, 6.45) is 3.09. The Morgan fingerprint density at radius 2 is 2.33 bits per heavy atom. The maximum absolute atomic E-state index is 13.9. The molecular weight excluding hydrogens is 235 g/mol. The molecule has 1 aromatic heterocycles. The molecule has 0 spiro atoms. The van der Waals surface area contributed by atoms with E-state index in [4.69, 9.17) is 0 Å². The van der Waals surface area contributed by atoms with Gasteiger partial charge in [-0.05, 0) is 12.8 Å². The minimum absolute atomic E-state index is 0.0433. The van der Waals surface area contributed by atoms with E-state index in [-0.39, 0.29) is 23.6 Å². The molecule has 1 aliphatic heterocycles. The second kappa shape index (κ2) is 5.29. The lowest BCUT2D eigenvalue weighted by atomic mass is 10.1. The first-order chi connectivity index (χ1) is 8.61. The number of rotatable bonds is 3. The summed E-state index contributed by atoms with van der Waals surface area (Å²) in [5.74, 6) is -0.0281.